The predicted molar refractivity (Wildman–Crippen MR) is 115 cm³/mol. The first-order chi connectivity index (χ1) is 12.5. The fourth-order valence-corrected chi connectivity index (χ4v) is 3.04. The van der Waals surface area contributed by atoms with Gasteiger partial charge in [-0.05, 0) is 77.2 Å². The second-order valence-corrected chi connectivity index (χ2v) is 7.15. The van der Waals surface area contributed by atoms with E-state index >= 15 is 0 Å². The summed E-state index contributed by atoms with van der Waals surface area (Å²) in [7, 11) is 0. The highest BCUT2D eigenvalue weighted by atomic mass is 127. The van der Waals surface area contributed by atoms with Crippen LogP contribution in [0.1, 0.15) is 60.9 Å². The second-order valence-electron chi connectivity index (χ2n) is 6.20. The topological polar surface area (TPSA) is 0 Å². The summed E-state index contributed by atoms with van der Waals surface area (Å²) in [6, 6.07) is 13.4. The van der Waals surface area contributed by atoms with Crippen LogP contribution in [0.2, 0.25) is 0 Å². The van der Waals surface area contributed by atoms with Crippen molar-refractivity contribution in [2.24, 2.45) is 0 Å². The first-order valence-electron chi connectivity index (χ1n) is 9.00. The van der Waals surface area contributed by atoms with Crippen LogP contribution in [-0.2, 0) is 12.8 Å². The second kappa shape index (κ2) is 10.5. The van der Waals surface area contributed by atoms with E-state index < -0.39 is 9.66 Å². The molecule has 0 radical (unpaired) electrons. The van der Waals surface area contributed by atoms with E-state index in [9.17, 15) is 8.78 Å². The summed E-state index contributed by atoms with van der Waals surface area (Å²) >= 11 is 1.35. The van der Waals surface area contributed by atoms with Crippen LogP contribution in [0.5, 0.6) is 0 Å². The summed E-state index contributed by atoms with van der Waals surface area (Å²) in [6.45, 7) is 4.19. The maximum absolute atomic E-state index is 13.8. The smallest absolute Gasteiger partial charge is 0.196 e. The minimum absolute atomic E-state index is 0.260. The highest BCUT2D eigenvalue weighted by Crippen LogP contribution is 2.27. The van der Waals surface area contributed by atoms with E-state index in [0.29, 0.717) is 6.42 Å². The molecule has 2 rings (SSSR count). The van der Waals surface area contributed by atoms with Crippen LogP contribution >= 0.6 is 22.6 Å². The molecular weight excluding hydrogens is 441 g/mol. The van der Waals surface area contributed by atoms with Crippen LogP contribution in [-0.4, -0.2) is 0 Å². The van der Waals surface area contributed by atoms with Gasteiger partial charge in [0.15, 0.2) is 9.66 Å². The molecule has 0 unspecified atom stereocenters. The van der Waals surface area contributed by atoms with Crippen molar-refractivity contribution >= 4 is 28.4 Å². The third-order valence-electron chi connectivity index (χ3n) is 4.27. The number of rotatable bonds is 6. The largest absolute Gasteiger partial charge is 0.203 e. The Labute approximate surface area is 168 Å². The van der Waals surface area contributed by atoms with E-state index in [4.69, 9.17) is 0 Å². The molecule has 0 heterocycles. The zero-order valence-corrected chi connectivity index (χ0v) is 17.4. The van der Waals surface area contributed by atoms with E-state index in [1.807, 2.05) is 19.1 Å². The average molecular weight is 464 g/mol. The van der Waals surface area contributed by atoms with Crippen LogP contribution in [0.4, 0.5) is 8.78 Å². The summed E-state index contributed by atoms with van der Waals surface area (Å²) in [5.41, 5.74) is 4.32. The number of hydrogen-bond donors (Lipinski definition) is 0. The standard InChI is InChI=1S/C23H23F2I/c1-3-5-6-7-17-8-10-18(11-9-17)12-13-20-14-15-21(16-19(20)4-2)22(24)23(25)26/h8-11,14-16H,3-7H2,1-2H3/b23-22-. The Morgan fingerprint density at radius 2 is 1.69 bits per heavy atom. The molecule has 0 atom stereocenters. The van der Waals surface area contributed by atoms with Gasteiger partial charge in [0, 0.05) is 16.7 Å². The Morgan fingerprint density at radius 1 is 0.962 bits per heavy atom. The monoisotopic (exact) mass is 464 g/mol. The first kappa shape index (κ1) is 20.6. The molecule has 0 nitrogen and oxygen atoms in total. The van der Waals surface area contributed by atoms with Crippen LogP contribution in [0.25, 0.3) is 5.83 Å². The lowest BCUT2D eigenvalue weighted by atomic mass is 10.0. The molecule has 0 aromatic heterocycles. The molecule has 0 amide bonds. The van der Waals surface area contributed by atoms with Gasteiger partial charge in [-0.15, -0.1) is 0 Å². The van der Waals surface area contributed by atoms with Gasteiger partial charge in [0.25, 0.3) is 0 Å². The molecule has 0 fully saturated rings. The minimum Gasteiger partial charge on any atom is -0.203 e. The van der Waals surface area contributed by atoms with Gasteiger partial charge in [-0.3, -0.25) is 0 Å². The molecule has 0 spiro atoms. The molecule has 0 aliphatic rings. The van der Waals surface area contributed by atoms with Crippen LogP contribution in [0.15, 0.2) is 46.3 Å². The summed E-state index contributed by atoms with van der Waals surface area (Å²) in [5, 5.41) is 0. The number of benzene rings is 2. The average Bonchev–Trinajstić information content (AvgIpc) is 2.66. The van der Waals surface area contributed by atoms with Crippen molar-refractivity contribution in [3.05, 3.63) is 74.1 Å². The van der Waals surface area contributed by atoms with Gasteiger partial charge in [-0.2, -0.15) is 4.39 Å². The Hall–Kier alpha value is -1.67. The van der Waals surface area contributed by atoms with Gasteiger partial charge >= 0.3 is 0 Å². The van der Waals surface area contributed by atoms with Gasteiger partial charge in [0.1, 0.15) is 0 Å². The molecule has 0 aliphatic heterocycles. The lowest BCUT2D eigenvalue weighted by Crippen LogP contribution is -1.91. The zero-order valence-electron chi connectivity index (χ0n) is 15.2. The molecule has 3 heteroatoms. The van der Waals surface area contributed by atoms with Crippen molar-refractivity contribution in [1.82, 2.24) is 0 Å². The van der Waals surface area contributed by atoms with Crippen molar-refractivity contribution in [2.75, 3.05) is 0 Å². The fourth-order valence-electron chi connectivity index (χ4n) is 2.73. The summed E-state index contributed by atoms with van der Waals surface area (Å²) in [5.74, 6) is 5.51. The van der Waals surface area contributed by atoms with Gasteiger partial charge in [-0.1, -0.05) is 56.7 Å². The van der Waals surface area contributed by atoms with E-state index in [1.165, 1.54) is 47.4 Å². The molecule has 0 saturated carbocycles. The van der Waals surface area contributed by atoms with Crippen LogP contribution in [0, 0.1) is 11.8 Å². The van der Waals surface area contributed by atoms with Crippen LogP contribution < -0.4 is 0 Å². The third-order valence-corrected chi connectivity index (χ3v) is 4.74. The Balaban J connectivity index is 2.17. The molecule has 0 N–H and O–H groups in total. The third kappa shape index (κ3) is 5.95. The van der Waals surface area contributed by atoms with E-state index in [0.717, 1.165) is 23.1 Å². The number of hydrogen-bond acceptors (Lipinski definition) is 0. The van der Waals surface area contributed by atoms with Crippen molar-refractivity contribution in [1.29, 1.82) is 0 Å². The highest BCUT2D eigenvalue weighted by Gasteiger charge is 2.08. The van der Waals surface area contributed by atoms with Crippen molar-refractivity contribution in [2.45, 2.75) is 46.0 Å². The Kier molecular flexibility index (Phi) is 8.31. The Morgan fingerprint density at radius 3 is 2.31 bits per heavy atom. The van der Waals surface area contributed by atoms with Crippen molar-refractivity contribution in [3.63, 3.8) is 0 Å². The fraction of sp³-hybridized carbons (Fsp3) is 0.304. The molecule has 0 saturated heterocycles. The summed E-state index contributed by atoms with van der Waals surface area (Å²) < 4.78 is 26.0. The molecule has 2 aromatic carbocycles. The quantitative estimate of drug-likeness (QED) is 0.238. The van der Waals surface area contributed by atoms with Gasteiger partial charge in [-0.25, -0.2) is 4.39 Å². The van der Waals surface area contributed by atoms with Gasteiger partial charge in [0.05, 0.1) is 0 Å². The molecular formula is C23H23F2I. The van der Waals surface area contributed by atoms with Crippen molar-refractivity contribution in [3.8, 4) is 11.8 Å². The summed E-state index contributed by atoms with van der Waals surface area (Å²) in [6.07, 6.45) is 5.53. The molecule has 0 aliphatic carbocycles. The van der Waals surface area contributed by atoms with E-state index in [1.54, 1.807) is 18.2 Å². The predicted octanol–water partition coefficient (Wildman–Crippen LogP) is 7.38. The molecule has 136 valence electrons. The van der Waals surface area contributed by atoms with Gasteiger partial charge < -0.3 is 0 Å². The number of halogens is 3. The number of unbranched alkanes of at least 4 members (excludes halogenated alkanes) is 2. The SMILES string of the molecule is CCCCCc1ccc(C#Cc2ccc(/C(F)=C(\F)I)cc2CC)cc1. The Bertz CT molecular complexity index is 820. The zero-order chi connectivity index (χ0) is 18.9. The number of aryl methyl sites for hydroxylation is 2. The maximum atomic E-state index is 13.8. The molecule has 0 bridgehead atoms. The van der Waals surface area contributed by atoms with Gasteiger partial charge in [0.2, 0.25) is 0 Å². The lowest BCUT2D eigenvalue weighted by Gasteiger charge is -2.05. The van der Waals surface area contributed by atoms with E-state index in [-0.39, 0.29) is 5.56 Å². The normalized spacial score (nSPS) is 11.6. The van der Waals surface area contributed by atoms with E-state index in [2.05, 4.69) is 30.9 Å². The maximum Gasteiger partial charge on any atom is 0.196 e. The van der Waals surface area contributed by atoms with Crippen molar-refractivity contribution < 1.29 is 8.78 Å². The summed E-state index contributed by atoms with van der Waals surface area (Å²) in [4.78, 5) is 0. The first-order valence-corrected chi connectivity index (χ1v) is 10.1. The molecule has 26 heavy (non-hydrogen) atoms. The molecule has 2 aromatic rings. The minimum atomic E-state index is -0.831. The van der Waals surface area contributed by atoms with Crippen LogP contribution in [0.3, 0.4) is 0 Å². The highest BCUT2D eigenvalue weighted by molar-refractivity contribution is 14.1. The lowest BCUT2D eigenvalue weighted by molar-refractivity contribution is 0.663.